The van der Waals surface area contributed by atoms with Crippen LogP contribution in [0.1, 0.15) is 32.4 Å². The molecule has 2 heterocycles. The number of methoxy groups -OCH3 is 1. The minimum Gasteiger partial charge on any atom is -0.501 e. The summed E-state index contributed by atoms with van der Waals surface area (Å²) in [6.07, 6.45) is 12.1. The topological polar surface area (TPSA) is 46.5 Å². The Morgan fingerprint density at radius 3 is 2.74 bits per heavy atom. The summed E-state index contributed by atoms with van der Waals surface area (Å²) in [7, 11) is 1.70. The first-order valence-corrected chi connectivity index (χ1v) is 8.65. The molecule has 0 bridgehead atoms. The van der Waals surface area contributed by atoms with Gasteiger partial charge >= 0.3 is 0 Å². The molecule has 0 amide bonds. The molecule has 0 radical (unpaired) electrons. The molecule has 0 aromatic carbocycles. The maximum Gasteiger partial charge on any atom is 0.183 e. The van der Waals surface area contributed by atoms with Crippen molar-refractivity contribution in [3.05, 3.63) is 58.5 Å². The second kappa shape index (κ2) is 6.96. The van der Waals surface area contributed by atoms with Gasteiger partial charge in [-0.05, 0) is 19.4 Å². The second-order valence-electron chi connectivity index (χ2n) is 5.76. The summed E-state index contributed by atoms with van der Waals surface area (Å²) < 4.78 is 5.41. The normalized spacial score (nSPS) is 17.4. The molecule has 1 aromatic heterocycles. The van der Waals surface area contributed by atoms with Gasteiger partial charge in [0, 0.05) is 30.3 Å². The van der Waals surface area contributed by atoms with Crippen molar-refractivity contribution in [1.82, 2.24) is 4.98 Å². The van der Waals surface area contributed by atoms with Gasteiger partial charge in [-0.2, -0.15) is 0 Å². The molecule has 1 N–H and O–H groups in total. The van der Waals surface area contributed by atoms with E-state index in [1.165, 1.54) is 0 Å². The Hall–Kier alpha value is -2.14. The minimum absolute atomic E-state index is 0.374. The Morgan fingerprint density at radius 1 is 1.22 bits per heavy atom. The zero-order valence-electron chi connectivity index (χ0n) is 13.7. The van der Waals surface area contributed by atoms with E-state index in [1.807, 2.05) is 6.08 Å². The number of hydrogen-bond donors (Lipinski definition) is 1. The fourth-order valence-corrected chi connectivity index (χ4v) is 3.30. The molecule has 0 saturated carbocycles. The lowest BCUT2D eigenvalue weighted by Gasteiger charge is -2.05. The van der Waals surface area contributed by atoms with Gasteiger partial charge in [-0.15, -0.1) is 11.3 Å². The average Bonchev–Trinajstić information content (AvgIpc) is 2.76. The SMILES string of the molecule is COC1=CC2=C(C=CC1)C=CCC(c1csc(NC(C)C)n1)=N2. The molecule has 23 heavy (non-hydrogen) atoms. The van der Waals surface area contributed by atoms with Crippen LogP contribution >= 0.6 is 11.3 Å². The Morgan fingerprint density at radius 2 is 2.00 bits per heavy atom. The summed E-state index contributed by atoms with van der Waals surface area (Å²) in [5.74, 6) is 0.921. The number of ether oxygens (including phenoxy) is 1. The van der Waals surface area contributed by atoms with Crippen LogP contribution in [0.3, 0.4) is 0 Å². The Kier molecular flexibility index (Phi) is 4.76. The van der Waals surface area contributed by atoms with Crippen molar-refractivity contribution >= 4 is 22.2 Å². The van der Waals surface area contributed by atoms with Crippen molar-refractivity contribution in [3.63, 3.8) is 0 Å². The van der Waals surface area contributed by atoms with Crippen LogP contribution in [0.25, 0.3) is 0 Å². The van der Waals surface area contributed by atoms with Gasteiger partial charge in [-0.3, -0.25) is 4.99 Å². The van der Waals surface area contributed by atoms with Crippen molar-refractivity contribution in [2.75, 3.05) is 12.4 Å². The maximum absolute atomic E-state index is 5.41. The summed E-state index contributed by atoms with van der Waals surface area (Å²) in [4.78, 5) is 9.53. The molecular formula is C18H21N3OS. The van der Waals surface area contributed by atoms with Crippen molar-refractivity contribution in [3.8, 4) is 0 Å². The number of aromatic nitrogens is 1. The predicted octanol–water partition coefficient (Wildman–Crippen LogP) is 4.46. The van der Waals surface area contributed by atoms with E-state index in [4.69, 9.17) is 9.73 Å². The monoisotopic (exact) mass is 327 g/mol. The molecule has 1 aliphatic carbocycles. The molecule has 120 valence electrons. The average molecular weight is 327 g/mol. The van der Waals surface area contributed by atoms with E-state index >= 15 is 0 Å². The molecule has 0 atom stereocenters. The molecular weight excluding hydrogens is 306 g/mol. The highest BCUT2D eigenvalue weighted by atomic mass is 32.1. The molecule has 0 saturated heterocycles. The number of thiazole rings is 1. The Bertz CT molecular complexity index is 735. The fourth-order valence-electron chi connectivity index (χ4n) is 2.43. The molecule has 0 unspecified atom stereocenters. The quantitative estimate of drug-likeness (QED) is 0.888. The summed E-state index contributed by atoms with van der Waals surface area (Å²) in [6.45, 7) is 4.22. The number of rotatable bonds is 4. The first kappa shape index (κ1) is 15.7. The number of nitrogens with zero attached hydrogens (tertiary/aromatic N) is 2. The fraction of sp³-hybridized carbons (Fsp3) is 0.333. The molecule has 1 aliphatic heterocycles. The first-order chi connectivity index (χ1) is 11.2. The molecule has 4 nitrogen and oxygen atoms in total. The van der Waals surface area contributed by atoms with Crippen molar-refractivity contribution < 1.29 is 4.74 Å². The summed E-state index contributed by atoms with van der Waals surface area (Å²) in [5, 5.41) is 6.35. The predicted molar refractivity (Wildman–Crippen MR) is 97.0 cm³/mol. The zero-order chi connectivity index (χ0) is 16.2. The molecule has 2 aliphatic rings. The number of nitrogens with one attached hydrogen (secondary N) is 1. The lowest BCUT2D eigenvalue weighted by molar-refractivity contribution is 0.285. The van der Waals surface area contributed by atoms with E-state index in [-0.39, 0.29) is 0 Å². The smallest absolute Gasteiger partial charge is 0.183 e. The van der Waals surface area contributed by atoms with Crippen molar-refractivity contribution in [2.45, 2.75) is 32.7 Å². The molecule has 5 heteroatoms. The highest BCUT2D eigenvalue weighted by molar-refractivity contribution is 7.13. The molecule has 3 rings (SSSR count). The molecule has 1 aromatic rings. The Labute approximate surface area is 141 Å². The van der Waals surface area contributed by atoms with Gasteiger partial charge in [-0.25, -0.2) is 4.98 Å². The largest absolute Gasteiger partial charge is 0.501 e. The lowest BCUT2D eigenvalue weighted by Crippen LogP contribution is -2.09. The highest BCUT2D eigenvalue weighted by Gasteiger charge is 2.14. The number of hydrogen-bond acceptors (Lipinski definition) is 5. The van der Waals surface area contributed by atoms with E-state index in [1.54, 1.807) is 18.4 Å². The number of anilines is 1. The van der Waals surface area contributed by atoms with Crippen LogP contribution in [-0.2, 0) is 4.74 Å². The van der Waals surface area contributed by atoms with Crippen LogP contribution in [-0.4, -0.2) is 23.8 Å². The lowest BCUT2D eigenvalue weighted by atomic mass is 10.2. The standard InChI is InChI=1S/C18H21N3OS/c1-12(2)19-18-21-17(11-23-18)15-9-5-7-13-6-4-8-14(22-3)10-16(13)20-15/h4-7,10-12H,8-9H2,1-3H3,(H,19,21). The van der Waals surface area contributed by atoms with Gasteiger partial charge in [0.1, 0.15) is 5.76 Å². The van der Waals surface area contributed by atoms with Crippen LogP contribution in [0.15, 0.2) is 57.8 Å². The van der Waals surface area contributed by atoms with E-state index in [0.29, 0.717) is 6.04 Å². The van der Waals surface area contributed by atoms with Crippen molar-refractivity contribution in [1.29, 1.82) is 0 Å². The number of aliphatic imine (C=N–C) groups is 1. The summed E-state index contributed by atoms with van der Waals surface area (Å²) in [5.41, 5.74) is 3.98. The highest BCUT2D eigenvalue weighted by Crippen LogP contribution is 2.25. The molecule has 0 spiro atoms. The van der Waals surface area contributed by atoms with Gasteiger partial charge in [0.15, 0.2) is 5.13 Å². The van der Waals surface area contributed by atoms with Crippen LogP contribution < -0.4 is 5.32 Å². The molecule has 0 fully saturated rings. The third kappa shape index (κ3) is 3.79. The van der Waals surface area contributed by atoms with Gasteiger partial charge in [-0.1, -0.05) is 24.3 Å². The second-order valence-corrected chi connectivity index (χ2v) is 6.62. The van der Waals surface area contributed by atoms with E-state index < -0.39 is 0 Å². The maximum atomic E-state index is 5.41. The van der Waals surface area contributed by atoms with Gasteiger partial charge in [0.2, 0.25) is 0 Å². The van der Waals surface area contributed by atoms with E-state index in [2.05, 4.69) is 53.8 Å². The minimum atomic E-state index is 0.374. The van der Waals surface area contributed by atoms with Crippen LogP contribution in [0.4, 0.5) is 5.13 Å². The van der Waals surface area contributed by atoms with Crippen LogP contribution in [0, 0.1) is 0 Å². The van der Waals surface area contributed by atoms with Crippen molar-refractivity contribution in [2.24, 2.45) is 4.99 Å². The van der Waals surface area contributed by atoms with Crippen LogP contribution in [0.5, 0.6) is 0 Å². The summed E-state index contributed by atoms with van der Waals surface area (Å²) >= 11 is 1.62. The van der Waals surface area contributed by atoms with Gasteiger partial charge in [0.05, 0.1) is 24.2 Å². The van der Waals surface area contributed by atoms with E-state index in [9.17, 15) is 0 Å². The first-order valence-electron chi connectivity index (χ1n) is 7.77. The summed E-state index contributed by atoms with van der Waals surface area (Å²) in [6, 6.07) is 0.374. The third-order valence-electron chi connectivity index (χ3n) is 3.55. The van der Waals surface area contributed by atoms with Gasteiger partial charge in [0.25, 0.3) is 0 Å². The Balaban J connectivity index is 1.94. The van der Waals surface area contributed by atoms with Gasteiger partial charge < -0.3 is 10.1 Å². The third-order valence-corrected chi connectivity index (χ3v) is 4.32. The van der Waals surface area contributed by atoms with Crippen LogP contribution in [0.2, 0.25) is 0 Å². The zero-order valence-corrected chi connectivity index (χ0v) is 14.5. The van der Waals surface area contributed by atoms with E-state index in [0.717, 1.165) is 46.4 Å². The number of allylic oxidation sites excluding steroid dienone is 6.